The van der Waals surface area contributed by atoms with Gasteiger partial charge in [-0.1, -0.05) is 28.1 Å². The lowest BCUT2D eigenvalue weighted by atomic mass is 10.1. The predicted molar refractivity (Wildman–Crippen MR) is 91.7 cm³/mol. The van der Waals surface area contributed by atoms with Gasteiger partial charge in [-0.2, -0.15) is 0 Å². The number of carbonyl (C=O) groups is 1. The number of carbonyl (C=O) groups excluding carboxylic acids is 1. The molecule has 0 aliphatic carbocycles. The number of ether oxygens (including phenoxy) is 1. The maximum absolute atomic E-state index is 12.1. The first kappa shape index (κ1) is 16.1. The van der Waals surface area contributed by atoms with Gasteiger partial charge in [0, 0.05) is 14.9 Å². The number of benzene rings is 2. The lowest BCUT2D eigenvalue weighted by Gasteiger charge is -2.10. The molecule has 0 heterocycles. The summed E-state index contributed by atoms with van der Waals surface area (Å²) in [6, 6.07) is 11.4. The summed E-state index contributed by atoms with van der Waals surface area (Å²) >= 11 is 5.18. The summed E-state index contributed by atoms with van der Waals surface area (Å²) in [5.41, 5.74) is 2.88. The molecule has 0 aliphatic rings. The third-order valence-corrected chi connectivity index (χ3v) is 5.19. The largest absolute Gasteiger partial charge is 0.485 e. The van der Waals surface area contributed by atoms with Crippen LogP contribution in [0.3, 0.4) is 0 Å². The van der Waals surface area contributed by atoms with Crippen LogP contribution in [0.15, 0.2) is 45.8 Å². The molecule has 0 saturated heterocycles. The van der Waals surface area contributed by atoms with Crippen LogP contribution in [0.5, 0.6) is 5.75 Å². The third kappa shape index (κ3) is 4.11. The minimum Gasteiger partial charge on any atom is -0.485 e. The van der Waals surface area contributed by atoms with Crippen molar-refractivity contribution in [1.82, 2.24) is 0 Å². The van der Waals surface area contributed by atoms with Crippen LogP contribution < -0.4 is 4.74 Å². The van der Waals surface area contributed by atoms with Crippen LogP contribution in [-0.2, 0) is 0 Å². The van der Waals surface area contributed by atoms with Crippen molar-refractivity contribution >= 4 is 33.5 Å². The number of rotatable bonds is 5. The van der Waals surface area contributed by atoms with E-state index in [0.717, 1.165) is 26.2 Å². The van der Waals surface area contributed by atoms with Gasteiger partial charge < -0.3 is 4.74 Å². The average molecular weight is 365 g/mol. The molecule has 21 heavy (non-hydrogen) atoms. The number of hydrogen-bond acceptors (Lipinski definition) is 3. The molecule has 110 valence electrons. The third-order valence-electron chi connectivity index (χ3n) is 3.19. The first-order valence-corrected chi connectivity index (χ1v) is 8.60. The van der Waals surface area contributed by atoms with Gasteiger partial charge in [0.2, 0.25) is 0 Å². The quantitative estimate of drug-likeness (QED) is 0.548. The minimum atomic E-state index is -0.0131. The Morgan fingerprint density at radius 1 is 1.14 bits per heavy atom. The van der Waals surface area contributed by atoms with E-state index in [2.05, 4.69) is 15.9 Å². The van der Waals surface area contributed by atoms with Crippen LogP contribution in [0.2, 0.25) is 0 Å². The molecule has 4 heteroatoms. The topological polar surface area (TPSA) is 26.3 Å². The van der Waals surface area contributed by atoms with E-state index in [0.29, 0.717) is 5.56 Å². The van der Waals surface area contributed by atoms with Gasteiger partial charge in [-0.3, -0.25) is 4.79 Å². The van der Waals surface area contributed by atoms with Crippen molar-refractivity contribution in [3.63, 3.8) is 0 Å². The molecule has 0 bridgehead atoms. The molecule has 0 aliphatic heterocycles. The zero-order valence-corrected chi connectivity index (χ0v) is 14.7. The van der Waals surface area contributed by atoms with E-state index in [1.807, 2.05) is 56.5 Å². The molecule has 2 nitrogen and oxygen atoms in total. The number of halogens is 1. The number of thioether (sulfide) groups is 1. The Morgan fingerprint density at radius 2 is 1.71 bits per heavy atom. The Hall–Kier alpha value is -1.26. The summed E-state index contributed by atoms with van der Waals surface area (Å²) in [5.74, 6) is 0.711. The maximum Gasteiger partial charge on any atom is 0.200 e. The fourth-order valence-corrected chi connectivity index (χ4v) is 2.64. The molecular formula is C17H17BrO2S. The molecule has 2 aromatic rings. The number of Topliss-reactive ketones (excluding diaryl/α,β-unsaturated/α-hetero) is 1. The first-order chi connectivity index (χ1) is 10.0. The van der Waals surface area contributed by atoms with Crippen molar-refractivity contribution in [3.8, 4) is 5.75 Å². The highest BCUT2D eigenvalue weighted by Crippen LogP contribution is 2.26. The number of ketones is 1. The Bertz CT molecular complexity index is 627. The molecule has 0 aromatic heterocycles. The molecule has 0 unspecified atom stereocenters. The van der Waals surface area contributed by atoms with Crippen molar-refractivity contribution in [3.05, 3.63) is 57.6 Å². The standard InChI is InChI=1S/C17H17BrO2S/c1-11-8-14(9-12(2)17(11)18)20-10-16(19)13-4-6-15(21-3)7-5-13/h4-9H,10H2,1-3H3. The van der Waals surface area contributed by atoms with Crippen LogP contribution in [0.25, 0.3) is 0 Å². The lowest BCUT2D eigenvalue weighted by molar-refractivity contribution is 0.0921. The molecular weight excluding hydrogens is 348 g/mol. The average Bonchev–Trinajstić information content (AvgIpc) is 2.50. The maximum atomic E-state index is 12.1. The smallest absolute Gasteiger partial charge is 0.200 e. The lowest BCUT2D eigenvalue weighted by Crippen LogP contribution is -2.11. The van der Waals surface area contributed by atoms with Gasteiger partial charge in [-0.15, -0.1) is 11.8 Å². The Balaban J connectivity index is 2.03. The van der Waals surface area contributed by atoms with Crippen molar-refractivity contribution in [2.45, 2.75) is 18.7 Å². The highest BCUT2D eigenvalue weighted by molar-refractivity contribution is 9.10. The van der Waals surface area contributed by atoms with Crippen molar-refractivity contribution < 1.29 is 9.53 Å². The fraction of sp³-hybridized carbons (Fsp3) is 0.235. The van der Waals surface area contributed by atoms with Gasteiger partial charge in [-0.25, -0.2) is 0 Å². The molecule has 0 N–H and O–H groups in total. The molecule has 2 aromatic carbocycles. The summed E-state index contributed by atoms with van der Waals surface area (Å²) < 4.78 is 6.70. The predicted octanol–water partition coefficient (Wildman–Crippen LogP) is 5.05. The molecule has 2 rings (SSSR count). The second kappa shape index (κ2) is 7.14. The highest BCUT2D eigenvalue weighted by Gasteiger charge is 2.08. The molecule has 0 saturated carbocycles. The number of aryl methyl sites for hydroxylation is 2. The van der Waals surface area contributed by atoms with E-state index >= 15 is 0 Å². The van der Waals surface area contributed by atoms with Crippen LogP contribution >= 0.6 is 27.7 Å². The van der Waals surface area contributed by atoms with Gasteiger partial charge >= 0.3 is 0 Å². The van der Waals surface area contributed by atoms with Crippen molar-refractivity contribution in [1.29, 1.82) is 0 Å². The van der Waals surface area contributed by atoms with Crippen LogP contribution in [-0.4, -0.2) is 18.6 Å². The highest BCUT2D eigenvalue weighted by atomic mass is 79.9. The summed E-state index contributed by atoms with van der Waals surface area (Å²) in [5, 5.41) is 0. The zero-order valence-electron chi connectivity index (χ0n) is 12.3. The van der Waals surface area contributed by atoms with E-state index < -0.39 is 0 Å². The molecule has 0 fully saturated rings. The number of hydrogen-bond donors (Lipinski definition) is 0. The summed E-state index contributed by atoms with van der Waals surface area (Å²) in [6.45, 7) is 4.07. The molecule has 0 atom stereocenters. The molecule has 0 spiro atoms. The summed E-state index contributed by atoms with van der Waals surface area (Å²) in [6.07, 6.45) is 2.01. The van der Waals surface area contributed by atoms with Gasteiger partial charge in [-0.05, 0) is 55.5 Å². The van der Waals surface area contributed by atoms with E-state index in [9.17, 15) is 4.79 Å². The van der Waals surface area contributed by atoms with E-state index in [1.165, 1.54) is 0 Å². The second-order valence-electron chi connectivity index (χ2n) is 4.81. The normalized spacial score (nSPS) is 10.5. The monoisotopic (exact) mass is 364 g/mol. The fourth-order valence-electron chi connectivity index (χ4n) is 2.00. The summed E-state index contributed by atoms with van der Waals surface area (Å²) in [7, 11) is 0. The van der Waals surface area contributed by atoms with Crippen LogP contribution in [0, 0.1) is 13.8 Å². The van der Waals surface area contributed by atoms with Crippen LogP contribution in [0.4, 0.5) is 0 Å². The Kier molecular flexibility index (Phi) is 5.48. The van der Waals surface area contributed by atoms with Gasteiger partial charge in [0.15, 0.2) is 12.4 Å². The molecule has 0 amide bonds. The minimum absolute atomic E-state index is 0.0131. The van der Waals surface area contributed by atoms with Gasteiger partial charge in [0.05, 0.1) is 0 Å². The molecule has 0 radical (unpaired) electrons. The van der Waals surface area contributed by atoms with Gasteiger partial charge in [0.1, 0.15) is 5.75 Å². The Labute approximate surface area is 138 Å². The zero-order chi connectivity index (χ0) is 15.4. The van der Waals surface area contributed by atoms with Crippen molar-refractivity contribution in [2.24, 2.45) is 0 Å². The van der Waals surface area contributed by atoms with Crippen molar-refractivity contribution in [2.75, 3.05) is 12.9 Å². The summed E-state index contributed by atoms with van der Waals surface area (Å²) in [4.78, 5) is 13.3. The second-order valence-corrected chi connectivity index (χ2v) is 6.48. The van der Waals surface area contributed by atoms with Gasteiger partial charge in [0.25, 0.3) is 0 Å². The van der Waals surface area contributed by atoms with E-state index in [4.69, 9.17) is 4.74 Å². The van der Waals surface area contributed by atoms with E-state index in [1.54, 1.807) is 11.8 Å². The first-order valence-electron chi connectivity index (χ1n) is 6.58. The SMILES string of the molecule is CSc1ccc(C(=O)COc2cc(C)c(Br)c(C)c2)cc1. The Morgan fingerprint density at radius 3 is 2.24 bits per heavy atom. The van der Waals surface area contributed by atoms with Crippen LogP contribution in [0.1, 0.15) is 21.5 Å². The van der Waals surface area contributed by atoms with E-state index in [-0.39, 0.29) is 12.4 Å².